The highest BCUT2D eigenvalue weighted by Crippen LogP contribution is 2.31. The Kier molecular flexibility index (Phi) is 4.10. The summed E-state index contributed by atoms with van der Waals surface area (Å²) in [6, 6.07) is 10.2. The van der Waals surface area contributed by atoms with Gasteiger partial charge in [0.15, 0.2) is 11.5 Å². The van der Waals surface area contributed by atoms with E-state index in [0.29, 0.717) is 30.3 Å². The third-order valence-electron chi connectivity index (χ3n) is 3.97. The molecule has 4 rings (SSSR count). The number of nitrogens with zero attached hydrogens (tertiary/aromatic N) is 1. The topological polar surface area (TPSA) is 93.3 Å². The molecule has 0 atom stereocenters. The lowest BCUT2D eigenvalue weighted by Gasteiger charge is -2.18. The van der Waals surface area contributed by atoms with Gasteiger partial charge < -0.3 is 19.8 Å². The Morgan fingerprint density at radius 1 is 1.00 bits per heavy atom. The maximum Gasteiger partial charge on any atom is 0.271 e. The highest BCUT2D eigenvalue weighted by atomic mass is 16.6. The van der Waals surface area contributed by atoms with Gasteiger partial charge in [-0.25, -0.2) is 0 Å². The van der Waals surface area contributed by atoms with Crippen molar-refractivity contribution in [1.29, 1.82) is 0 Å². The quantitative estimate of drug-likeness (QED) is 0.758. The van der Waals surface area contributed by atoms with Crippen molar-refractivity contribution >= 4 is 11.6 Å². The number of aromatic nitrogens is 2. The van der Waals surface area contributed by atoms with Gasteiger partial charge in [-0.2, -0.15) is 0 Å². The Morgan fingerprint density at radius 2 is 1.77 bits per heavy atom. The second kappa shape index (κ2) is 6.72. The Hall–Kier alpha value is -3.61. The van der Waals surface area contributed by atoms with Gasteiger partial charge in [0.25, 0.3) is 11.5 Å². The molecular weight excluding hydrogens is 334 g/mol. The van der Waals surface area contributed by atoms with Crippen LogP contribution in [0.4, 0.5) is 5.69 Å². The van der Waals surface area contributed by atoms with Crippen molar-refractivity contribution in [3.63, 3.8) is 0 Å². The molecule has 7 nitrogen and oxygen atoms in total. The van der Waals surface area contributed by atoms with Crippen LogP contribution in [0.25, 0.3) is 11.1 Å². The molecule has 0 bridgehead atoms. The summed E-state index contributed by atoms with van der Waals surface area (Å²) in [6.45, 7) is 0.918. The summed E-state index contributed by atoms with van der Waals surface area (Å²) >= 11 is 0. The molecule has 26 heavy (non-hydrogen) atoms. The Morgan fingerprint density at radius 3 is 2.58 bits per heavy atom. The minimum absolute atomic E-state index is 0.166. The largest absolute Gasteiger partial charge is 0.486 e. The van der Waals surface area contributed by atoms with Crippen molar-refractivity contribution in [2.75, 3.05) is 18.5 Å². The fraction of sp³-hybridized carbons (Fsp3) is 0.105. The fourth-order valence-corrected chi connectivity index (χ4v) is 2.67. The SMILES string of the molecule is O=C(Nc1cc(-c2ccncc2)c[nH]c1=O)c1ccc2c(c1)OCCO2. The Bertz CT molecular complexity index is 1010. The Balaban J connectivity index is 1.61. The number of benzene rings is 1. The molecule has 2 aromatic heterocycles. The van der Waals surface area contributed by atoms with Crippen LogP contribution >= 0.6 is 0 Å². The van der Waals surface area contributed by atoms with E-state index in [9.17, 15) is 9.59 Å². The maximum atomic E-state index is 12.5. The predicted octanol–water partition coefficient (Wildman–Crippen LogP) is 2.46. The first kappa shape index (κ1) is 15.9. The second-order valence-electron chi connectivity index (χ2n) is 5.68. The number of hydrogen-bond acceptors (Lipinski definition) is 5. The first-order valence-electron chi connectivity index (χ1n) is 8.05. The molecule has 1 aromatic carbocycles. The molecule has 0 fully saturated rings. The van der Waals surface area contributed by atoms with Crippen LogP contribution in [0.5, 0.6) is 11.5 Å². The molecule has 130 valence electrons. The molecule has 0 radical (unpaired) electrons. The van der Waals surface area contributed by atoms with Crippen molar-refractivity contribution in [3.05, 3.63) is 70.9 Å². The van der Waals surface area contributed by atoms with E-state index in [-0.39, 0.29) is 11.2 Å². The molecular formula is C19H15N3O4. The van der Waals surface area contributed by atoms with Gasteiger partial charge in [0, 0.05) is 29.7 Å². The predicted molar refractivity (Wildman–Crippen MR) is 95.7 cm³/mol. The van der Waals surface area contributed by atoms with E-state index < -0.39 is 5.91 Å². The molecule has 3 aromatic rings. The molecule has 0 spiro atoms. The zero-order valence-electron chi connectivity index (χ0n) is 13.7. The normalized spacial score (nSPS) is 12.5. The number of anilines is 1. The van der Waals surface area contributed by atoms with Gasteiger partial charge in [0.05, 0.1) is 0 Å². The molecule has 0 saturated carbocycles. The molecule has 3 heterocycles. The highest BCUT2D eigenvalue weighted by Gasteiger charge is 2.16. The standard InChI is InChI=1S/C19H15N3O4/c23-18(13-1-2-16-17(10-13)26-8-7-25-16)22-15-9-14(11-21-19(15)24)12-3-5-20-6-4-12/h1-6,9-11H,7-8H2,(H,21,24)(H,22,23). The maximum absolute atomic E-state index is 12.5. The van der Waals surface area contributed by atoms with Crippen molar-refractivity contribution in [3.8, 4) is 22.6 Å². The van der Waals surface area contributed by atoms with Crippen molar-refractivity contribution in [1.82, 2.24) is 9.97 Å². The lowest BCUT2D eigenvalue weighted by Crippen LogP contribution is -2.20. The van der Waals surface area contributed by atoms with Crippen LogP contribution in [-0.2, 0) is 0 Å². The van der Waals surface area contributed by atoms with Gasteiger partial charge in [0.1, 0.15) is 18.9 Å². The summed E-state index contributed by atoms with van der Waals surface area (Å²) < 4.78 is 10.9. The van der Waals surface area contributed by atoms with Gasteiger partial charge >= 0.3 is 0 Å². The smallest absolute Gasteiger partial charge is 0.271 e. The molecule has 2 N–H and O–H groups in total. The number of carbonyl (C=O) groups excluding carboxylic acids is 1. The van der Waals surface area contributed by atoms with E-state index in [2.05, 4.69) is 15.3 Å². The number of hydrogen-bond donors (Lipinski definition) is 2. The third-order valence-corrected chi connectivity index (χ3v) is 3.97. The van der Waals surface area contributed by atoms with E-state index in [0.717, 1.165) is 11.1 Å². The van der Waals surface area contributed by atoms with E-state index in [4.69, 9.17) is 9.47 Å². The molecule has 1 aliphatic heterocycles. The van der Waals surface area contributed by atoms with Crippen LogP contribution in [0.2, 0.25) is 0 Å². The van der Waals surface area contributed by atoms with E-state index in [1.807, 2.05) is 12.1 Å². The Labute approximate surface area is 148 Å². The van der Waals surface area contributed by atoms with Crippen LogP contribution in [0.1, 0.15) is 10.4 Å². The van der Waals surface area contributed by atoms with Gasteiger partial charge in [-0.15, -0.1) is 0 Å². The van der Waals surface area contributed by atoms with Crippen LogP contribution in [0.15, 0.2) is 59.8 Å². The first-order chi connectivity index (χ1) is 12.7. The van der Waals surface area contributed by atoms with Gasteiger partial charge in [0.2, 0.25) is 0 Å². The molecule has 0 saturated heterocycles. The number of ether oxygens (including phenoxy) is 2. The van der Waals surface area contributed by atoms with Crippen molar-refractivity contribution in [2.24, 2.45) is 0 Å². The number of nitrogens with one attached hydrogen (secondary N) is 2. The fourth-order valence-electron chi connectivity index (χ4n) is 2.67. The summed E-state index contributed by atoms with van der Waals surface area (Å²) in [5, 5.41) is 2.65. The number of aromatic amines is 1. The summed E-state index contributed by atoms with van der Waals surface area (Å²) in [5.74, 6) is 0.716. The zero-order valence-corrected chi connectivity index (χ0v) is 13.7. The number of fused-ring (bicyclic) bond motifs is 1. The molecule has 1 amide bonds. The summed E-state index contributed by atoms with van der Waals surface area (Å²) in [5.41, 5.74) is 1.81. The number of carbonyl (C=O) groups is 1. The summed E-state index contributed by atoms with van der Waals surface area (Å²) in [4.78, 5) is 31.2. The van der Waals surface area contributed by atoms with Crippen molar-refractivity contribution < 1.29 is 14.3 Å². The third kappa shape index (κ3) is 3.14. The minimum Gasteiger partial charge on any atom is -0.486 e. The zero-order chi connectivity index (χ0) is 17.9. The molecule has 0 aliphatic carbocycles. The van der Waals surface area contributed by atoms with Crippen LogP contribution in [0, 0.1) is 0 Å². The number of pyridine rings is 2. The second-order valence-corrected chi connectivity index (χ2v) is 5.68. The van der Waals surface area contributed by atoms with Gasteiger partial charge in [-0.05, 0) is 42.0 Å². The van der Waals surface area contributed by atoms with Crippen LogP contribution in [0.3, 0.4) is 0 Å². The van der Waals surface area contributed by atoms with Crippen LogP contribution in [-0.4, -0.2) is 29.1 Å². The lowest BCUT2D eigenvalue weighted by atomic mass is 10.1. The monoisotopic (exact) mass is 349 g/mol. The number of rotatable bonds is 3. The van der Waals surface area contributed by atoms with E-state index >= 15 is 0 Å². The molecule has 1 aliphatic rings. The molecule has 7 heteroatoms. The highest BCUT2D eigenvalue weighted by molar-refractivity contribution is 6.04. The number of H-pyrrole nitrogens is 1. The van der Waals surface area contributed by atoms with Gasteiger partial charge in [-0.1, -0.05) is 0 Å². The van der Waals surface area contributed by atoms with E-state index in [1.54, 1.807) is 42.9 Å². The minimum atomic E-state index is -0.403. The number of amides is 1. The first-order valence-corrected chi connectivity index (χ1v) is 8.05. The summed E-state index contributed by atoms with van der Waals surface area (Å²) in [6.07, 6.45) is 4.92. The van der Waals surface area contributed by atoms with E-state index in [1.165, 1.54) is 0 Å². The molecule has 0 unspecified atom stereocenters. The van der Waals surface area contributed by atoms with Gasteiger partial charge in [-0.3, -0.25) is 14.6 Å². The summed E-state index contributed by atoms with van der Waals surface area (Å²) in [7, 11) is 0. The lowest BCUT2D eigenvalue weighted by molar-refractivity contribution is 0.102. The average Bonchev–Trinajstić information content (AvgIpc) is 2.70. The van der Waals surface area contributed by atoms with Crippen molar-refractivity contribution in [2.45, 2.75) is 0 Å². The van der Waals surface area contributed by atoms with Crippen LogP contribution < -0.4 is 20.3 Å². The average molecular weight is 349 g/mol.